The first-order chi connectivity index (χ1) is 14.5. The van der Waals surface area contributed by atoms with Gasteiger partial charge in [-0.3, -0.25) is 0 Å². The van der Waals surface area contributed by atoms with Crippen LogP contribution in [0.5, 0.6) is 5.75 Å². The van der Waals surface area contributed by atoms with Crippen molar-refractivity contribution in [1.29, 1.82) is 0 Å². The van der Waals surface area contributed by atoms with E-state index in [9.17, 15) is 15.3 Å². The van der Waals surface area contributed by atoms with Gasteiger partial charge in [0.15, 0.2) is 0 Å². The molecule has 5 nitrogen and oxygen atoms in total. The number of rotatable bonds is 7. The molecule has 0 aromatic heterocycles. The van der Waals surface area contributed by atoms with Crippen molar-refractivity contribution in [2.75, 3.05) is 13.2 Å². The molecule has 6 heteroatoms. The Morgan fingerprint density at radius 1 is 1.07 bits per heavy atom. The minimum atomic E-state index is -0.481. The second-order valence-electron chi connectivity index (χ2n) is 8.52. The summed E-state index contributed by atoms with van der Waals surface area (Å²) in [7, 11) is 0. The van der Waals surface area contributed by atoms with Crippen LogP contribution < -0.4 is 4.74 Å². The zero-order chi connectivity index (χ0) is 21.1. The van der Waals surface area contributed by atoms with Gasteiger partial charge in [0.25, 0.3) is 0 Å². The topological polar surface area (TPSA) is 79.2 Å². The fourth-order valence-electron chi connectivity index (χ4n) is 4.26. The number of aliphatic hydroxyl groups excluding tert-OH is 3. The quantitative estimate of drug-likeness (QED) is 0.620. The minimum Gasteiger partial charge on any atom is -0.485 e. The molecule has 162 valence electrons. The molecule has 2 aliphatic rings. The van der Waals surface area contributed by atoms with Crippen LogP contribution in [0, 0.1) is 0 Å². The van der Waals surface area contributed by atoms with Gasteiger partial charge in [0, 0.05) is 17.9 Å². The van der Waals surface area contributed by atoms with Crippen LogP contribution in [0.25, 0.3) is 0 Å². The summed E-state index contributed by atoms with van der Waals surface area (Å²) in [5.41, 5.74) is 2.64. The van der Waals surface area contributed by atoms with Gasteiger partial charge in [-0.2, -0.15) is 0 Å². The second kappa shape index (κ2) is 9.25. The summed E-state index contributed by atoms with van der Waals surface area (Å²) in [6.07, 6.45) is 3.43. The zero-order valence-corrected chi connectivity index (χ0v) is 17.7. The highest BCUT2D eigenvalue weighted by Crippen LogP contribution is 2.37. The molecule has 4 rings (SSSR count). The first-order valence-corrected chi connectivity index (χ1v) is 11.0. The molecule has 30 heavy (non-hydrogen) atoms. The normalized spacial score (nSPS) is 25.5. The Labute approximate surface area is 182 Å². The van der Waals surface area contributed by atoms with E-state index in [2.05, 4.69) is 0 Å². The summed E-state index contributed by atoms with van der Waals surface area (Å²) < 4.78 is 11.9. The average Bonchev–Trinajstić information content (AvgIpc) is 2.73. The zero-order valence-electron chi connectivity index (χ0n) is 17.0. The highest BCUT2D eigenvalue weighted by Gasteiger charge is 2.38. The van der Waals surface area contributed by atoms with Crippen molar-refractivity contribution in [2.45, 2.75) is 62.4 Å². The number of hydrogen-bond donors (Lipinski definition) is 3. The van der Waals surface area contributed by atoms with Crippen molar-refractivity contribution in [2.24, 2.45) is 0 Å². The molecule has 3 atom stereocenters. The number of hydrogen-bond acceptors (Lipinski definition) is 5. The lowest BCUT2D eigenvalue weighted by molar-refractivity contribution is -0.113. The highest BCUT2D eigenvalue weighted by atomic mass is 35.5. The van der Waals surface area contributed by atoms with E-state index in [4.69, 9.17) is 21.1 Å². The average molecular weight is 433 g/mol. The van der Waals surface area contributed by atoms with Gasteiger partial charge in [0.2, 0.25) is 0 Å². The van der Waals surface area contributed by atoms with Crippen LogP contribution in [0.1, 0.15) is 54.9 Å². The first-order valence-electron chi connectivity index (χ1n) is 10.6. The van der Waals surface area contributed by atoms with Crippen molar-refractivity contribution in [3.63, 3.8) is 0 Å². The largest absolute Gasteiger partial charge is 0.485 e. The van der Waals surface area contributed by atoms with E-state index in [0.29, 0.717) is 24.3 Å². The summed E-state index contributed by atoms with van der Waals surface area (Å²) in [6.45, 7) is -0.0494. The third kappa shape index (κ3) is 4.82. The van der Waals surface area contributed by atoms with E-state index in [1.54, 1.807) is 0 Å². The first kappa shape index (κ1) is 21.6. The molecule has 0 spiro atoms. The highest BCUT2D eigenvalue weighted by molar-refractivity contribution is 6.31. The van der Waals surface area contributed by atoms with Gasteiger partial charge in [0.1, 0.15) is 11.4 Å². The maximum Gasteiger partial charge on any atom is 0.132 e. The molecule has 2 fully saturated rings. The van der Waals surface area contributed by atoms with Gasteiger partial charge in [0.05, 0.1) is 31.5 Å². The molecule has 1 heterocycles. The summed E-state index contributed by atoms with van der Waals surface area (Å²) in [5.74, 6) is 0.770. The van der Waals surface area contributed by atoms with E-state index >= 15 is 0 Å². The maximum absolute atomic E-state index is 10.1. The van der Waals surface area contributed by atoms with Gasteiger partial charge in [-0.05, 0) is 60.6 Å². The standard InChI is InChI=1S/C24H29ClO5/c25-22-7-4-17(23-13-19(28)12-21(14-26)29-23)11-18(22)10-16-2-5-20(6-3-16)30-24(15-27)8-1-9-24/h2-7,11,19,21,23,26-28H,1,8-10,12-15H2/t19?,21-,23+/m0/s1. The monoisotopic (exact) mass is 432 g/mol. The van der Waals surface area contributed by atoms with Gasteiger partial charge >= 0.3 is 0 Å². The fourth-order valence-corrected chi connectivity index (χ4v) is 4.45. The lowest BCUT2D eigenvalue weighted by Gasteiger charge is -2.40. The Bertz CT molecular complexity index is 844. The maximum atomic E-state index is 10.1. The smallest absolute Gasteiger partial charge is 0.132 e. The molecule has 2 aromatic rings. The Hall–Kier alpha value is -1.63. The van der Waals surface area contributed by atoms with Crippen LogP contribution in [0.3, 0.4) is 0 Å². The van der Waals surface area contributed by atoms with Crippen LogP contribution in [0.2, 0.25) is 5.02 Å². The summed E-state index contributed by atoms with van der Waals surface area (Å²) in [4.78, 5) is 0. The minimum absolute atomic E-state index is 0.0478. The van der Waals surface area contributed by atoms with E-state index < -0.39 is 11.7 Å². The van der Waals surface area contributed by atoms with Crippen LogP contribution in [-0.2, 0) is 11.2 Å². The Kier molecular flexibility index (Phi) is 6.66. The van der Waals surface area contributed by atoms with E-state index in [1.165, 1.54) is 0 Å². The predicted octanol–water partition coefficient (Wildman–Crippen LogP) is 3.80. The van der Waals surface area contributed by atoms with Gasteiger partial charge in [-0.15, -0.1) is 0 Å². The van der Waals surface area contributed by atoms with Crippen LogP contribution in [0.4, 0.5) is 0 Å². The molecule has 1 aliphatic carbocycles. The second-order valence-corrected chi connectivity index (χ2v) is 8.93. The molecular weight excluding hydrogens is 404 g/mol. The molecule has 3 N–H and O–H groups in total. The Morgan fingerprint density at radius 3 is 2.47 bits per heavy atom. The van der Waals surface area contributed by atoms with Crippen molar-refractivity contribution < 1.29 is 24.8 Å². The number of ether oxygens (including phenoxy) is 2. The molecule has 1 saturated carbocycles. The van der Waals surface area contributed by atoms with E-state index in [-0.39, 0.29) is 25.4 Å². The van der Waals surface area contributed by atoms with Gasteiger partial charge in [-0.1, -0.05) is 35.9 Å². The van der Waals surface area contributed by atoms with Crippen LogP contribution >= 0.6 is 11.6 Å². The third-order valence-electron chi connectivity index (χ3n) is 6.23. The molecule has 2 aromatic carbocycles. The molecule has 0 amide bonds. The number of aliphatic hydroxyl groups is 3. The van der Waals surface area contributed by atoms with Crippen molar-refractivity contribution in [1.82, 2.24) is 0 Å². The van der Waals surface area contributed by atoms with Crippen molar-refractivity contribution in [3.05, 3.63) is 64.2 Å². The summed E-state index contributed by atoms with van der Waals surface area (Å²) in [6, 6.07) is 13.7. The summed E-state index contributed by atoms with van der Waals surface area (Å²) in [5, 5.41) is 29.8. The SMILES string of the molecule is OC[C@@H]1CC(O)C[C@H](c2ccc(Cl)c(Cc3ccc(OC4(CO)CCC4)cc3)c2)O1. The molecule has 1 unspecified atom stereocenters. The van der Waals surface area contributed by atoms with E-state index in [1.807, 2.05) is 42.5 Å². The van der Waals surface area contributed by atoms with Gasteiger partial charge < -0.3 is 24.8 Å². The van der Waals surface area contributed by atoms with Crippen molar-refractivity contribution >= 4 is 11.6 Å². The molecule has 1 saturated heterocycles. The Balaban J connectivity index is 1.46. The van der Waals surface area contributed by atoms with Crippen LogP contribution in [0.15, 0.2) is 42.5 Å². The molecule has 1 aliphatic heterocycles. The van der Waals surface area contributed by atoms with Gasteiger partial charge in [-0.25, -0.2) is 0 Å². The lowest BCUT2D eigenvalue weighted by Crippen LogP contribution is -2.46. The Morgan fingerprint density at radius 2 is 1.83 bits per heavy atom. The predicted molar refractivity (Wildman–Crippen MR) is 115 cm³/mol. The third-order valence-corrected chi connectivity index (χ3v) is 6.60. The molecular formula is C24H29ClO5. The molecule has 0 radical (unpaired) electrons. The summed E-state index contributed by atoms with van der Waals surface area (Å²) >= 11 is 6.45. The molecule has 0 bridgehead atoms. The van der Waals surface area contributed by atoms with E-state index in [0.717, 1.165) is 41.7 Å². The number of benzene rings is 2. The fraction of sp³-hybridized carbons (Fsp3) is 0.500. The lowest BCUT2D eigenvalue weighted by atomic mass is 9.80. The van der Waals surface area contributed by atoms with Crippen LogP contribution in [-0.4, -0.2) is 46.3 Å². The number of halogens is 1. The van der Waals surface area contributed by atoms with Crippen molar-refractivity contribution in [3.8, 4) is 5.75 Å².